The SMILES string of the molecule is CC[C@@]1(OC(=O)OCc2ccc(NC(=O)[C@H](CCCCN)NC(=O)COCC(=O)NCCOCCn3cc(CNC(=O)CCC/C=C\c4cnc(S(C)(=O)=O)nc4)nn3)cc2)C(=O)OCc2c1cc1n(c2=O)Cc2c-1nc1ccccc1c2CCN(C(C)C)S(C)(=O)=O. The van der Waals surface area contributed by atoms with E-state index in [-0.39, 0.29) is 100 Å². The molecule has 2 aliphatic heterocycles. The van der Waals surface area contributed by atoms with Crippen molar-refractivity contribution in [1.82, 2.24) is 54.8 Å². The monoisotopic (exact) mass is 1320 g/mol. The number of cyclic esters (lactones) is 1. The molecule has 2 atom stereocenters. The lowest BCUT2D eigenvalue weighted by molar-refractivity contribution is -0.175. The number of amides is 4. The molecule has 29 nitrogen and oxygen atoms in total. The number of benzene rings is 2. The first-order valence-corrected chi connectivity index (χ1v) is 34.1. The second-order valence-electron chi connectivity index (χ2n) is 22.5. The molecule has 8 rings (SSSR count). The van der Waals surface area contributed by atoms with E-state index in [9.17, 15) is 50.4 Å². The lowest BCUT2D eigenvalue weighted by Gasteiger charge is -2.35. The normalized spacial score (nSPS) is 14.7. The minimum atomic E-state index is -3.54. The van der Waals surface area contributed by atoms with Crippen LogP contribution in [-0.2, 0) is 112 Å². The third-order valence-electron chi connectivity index (χ3n) is 15.3. The molecule has 0 bridgehead atoms. The van der Waals surface area contributed by atoms with Gasteiger partial charge in [-0.25, -0.2) is 46.1 Å². The van der Waals surface area contributed by atoms with Crippen LogP contribution in [0.3, 0.4) is 0 Å². The van der Waals surface area contributed by atoms with E-state index in [0.29, 0.717) is 84.6 Å². The molecule has 2 aromatic carbocycles. The molecule has 4 amide bonds. The number of rotatable bonds is 34. The molecular formula is C62H77N13O16S2. The van der Waals surface area contributed by atoms with E-state index in [0.717, 1.165) is 22.8 Å². The van der Waals surface area contributed by atoms with Crippen LogP contribution in [0.5, 0.6) is 0 Å². The molecule has 498 valence electrons. The predicted molar refractivity (Wildman–Crippen MR) is 338 cm³/mol. The molecule has 0 fully saturated rings. The molecule has 4 aromatic heterocycles. The van der Waals surface area contributed by atoms with Crippen LogP contribution in [0.1, 0.15) is 105 Å². The van der Waals surface area contributed by atoms with Crippen LogP contribution < -0.4 is 32.6 Å². The quantitative estimate of drug-likeness (QED) is 0.0219. The van der Waals surface area contributed by atoms with Crippen LogP contribution in [0.2, 0.25) is 0 Å². The maximum atomic E-state index is 14.4. The van der Waals surface area contributed by atoms with Gasteiger partial charge in [0, 0.05) is 72.0 Å². The largest absolute Gasteiger partial charge is 0.510 e. The van der Waals surface area contributed by atoms with E-state index in [2.05, 4.69) is 41.5 Å². The average Bonchev–Trinajstić information content (AvgIpc) is 1.65. The highest BCUT2D eigenvalue weighted by atomic mass is 32.2. The molecule has 0 saturated heterocycles. The zero-order valence-electron chi connectivity index (χ0n) is 52.4. The van der Waals surface area contributed by atoms with Gasteiger partial charge >= 0.3 is 12.1 Å². The topological polar surface area (TPSA) is 386 Å². The van der Waals surface area contributed by atoms with Gasteiger partial charge in [0.2, 0.25) is 54.2 Å². The van der Waals surface area contributed by atoms with Crippen molar-refractivity contribution in [3.05, 3.63) is 129 Å². The second kappa shape index (κ2) is 32.1. The van der Waals surface area contributed by atoms with Gasteiger partial charge in [0.1, 0.15) is 38.2 Å². The van der Waals surface area contributed by atoms with E-state index >= 15 is 0 Å². The number of esters is 1. The van der Waals surface area contributed by atoms with E-state index < -0.39 is 80.1 Å². The first-order chi connectivity index (χ1) is 44.5. The summed E-state index contributed by atoms with van der Waals surface area (Å²) in [6, 6.07) is 14.1. The van der Waals surface area contributed by atoms with Crippen LogP contribution in [0.15, 0.2) is 89.2 Å². The fourth-order valence-corrected chi connectivity index (χ4v) is 12.3. The van der Waals surface area contributed by atoms with Gasteiger partial charge in [-0.3, -0.25) is 24.0 Å². The number of nitrogens with two attached hydrogens (primary N) is 1. The van der Waals surface area contributed by atoms with E-state index in [1.165, 1.54) is 27.5 Å². The molecule has 93 heavy (non-hydrogen) atoms. The summed E-state index contributed by atoms with van der Waals surface area (Å²) in [4.78, 5) is 106. The summed E-state index contributed by atoms with van der Waals surface area (Å²) in [5.74, 6) is -2.71. The van der Waals surface area contributed by atoms with Gasteiger partial charge in [0.15, 0.2) is 0 Å². The summed E-state index contributed by atoms with van der Waals surface area (Å²) in [7, 11) is -7.02. The summed E-state index contributed by atoms with van der Waals surface area (Å²) in [6.07, 6.45) is 12.1. The number of fused-ring (bicyclic) bond motifs is 5. The van der Waals surface area contributed by atoms with Gasteiger partial charge in [-0.15, -0.1) is 5.10 Å². The Hall–Kier alpha value is -8.88. The fourth-order valence-electron chi connectivity index (χ4n) is 10.6. The average molecular weight is 1320 g/mol. The van der Waals surface area contributed by atoms with Crippen molar-refractivity contribution in [3.63, 3.8) is 0 Å². The van der Waals surface area contributed by atoms with Crippen molar-refractivity contribution in [2.24, 2.45) is 5.73 Å². The highest BCUT2D eigenvalue weighted by Gasteiger charge is 2.51. The van der Waals surface area contributed by atoms with Crippen LogP contribution in [-0.4, -0.2) is 162 Å². The Morgan fingerprint density at radius 1 is 0.903 bits per heavy atom. The van der Waals surface area contributed by atoms with Gasteiger partial charge in [-0.2, -0.15) is 4.31 Å². The first-order valence-electron chi connectivity index (χ1n) is 30.3. The Morgan fingerprint density at radius 3 is 2.38 bits per heavy atom. The maximum absolute atomic E-state index is 14.4. The molecule has 0 saturated carbocycles. The van der Waals surface area contributed by atoms with Crippen molar-refractivity contribution in [3.8, 4) is 11.4 Å². The van der Waals surface area contributed by atoms with Crippen molar-refractivity contribution in [1.29, 1.82) is 0 Å². The zero-order chi connectivity index (χ0) is 66.9. The van der Waals surface area contributed by atoms with Crippen molar-refractivity contribution in [2.75, 3.05) is 63.9 Å². The van der Waals surface area contributed by atoms with E-state index in [1.807, 2.05) is 30.3 Å². The molecule has 0 aliphatic carbocycles. The van der Waals surface area contributed by atoms with Gasteiger partial charge in [-0.1, -0.05) is 54.6 Å². The number of nitrogens with zero attached hydrogens (tertiary/aromatic N) is 8. The lowest BCUT2D eigenvalue weighted by Crippen LogP contribution is -2.47. The van der Waals surface area contributed by atoms with Crippen molar-refractivity contribution < 1.29 is 69.3 Å². The lowest BCUT2D eigenvalue weighted by atomic mass is 9.85. The molecule has 0 spiro atoms. The third kappa shape index (κ3) is 18.7. The van der Waals surface area contributed by atoms with Crippen LogP contribution in [0.25, 0.3) is 28.4 Å². The summed E-state index contributed by atoms with van der Waals surface area (Å²) in [6.45, 7) is 5.40. The number of sulfone groups is 1. The standard InChI is InChI=1S/C62H77N13O16S2/c1-6-62(49-30-52-56-47(35-74(52)58(80)48(49)37-89-59(62)81)45(46-15-10-11-16-50(46)70-56)23-26-75(40(2)3)93(5,85)86)91-61(82)90-36-41-19-21-43(22-20-41)68-57(79)51(17-12-13-24-63)69-55(78)39-88-38-54(77)64-25-28-87-29-27-73-34-44(71-72-73)33-65-53(76)18-9-7-8-14-42-31-66-60(67-32-42)92(4,83)84/h8,10-11,14-16,19-22,30-32,34,40,51H,6-7,9,12-13,17-18,23-29,33,35-39,63H2,1-5H3,(H,64,77)(H,65,76)(H,68,79)(H,69,78)/b14-8-/t51-,62-/m0/s1. The fraction of sp³-hybridized carbons (Fsp3) is 0.452. The number of hydrogen-bond donors (Lipinski definition) is 5. The second-order valence-corrected chi connectivity index (χ2v) is 26.4. The Kier molecular flexibility index (Phi) is 24.2. The van der Waals surface area contributed by atoms with Crippen LogP contribution >= 0.6 is 0 Å². The minimum absolute atomic E-state index is 0.118. The smallest absolute Gasteiger partial charge is 0.457 e. The molecule has 0 unspecified atom stereocenters. The number of anilines is 1. The first kappa shape index (κ1) is 70.0. The van der Waals surface area contributed by atoms with E-state index in [1.54, 1.807) is 68.1 Å². The molecular weight excluding hydrogens is 1250 g/mol. The Balaban J connectivity index is 0.746. The molecule has 6 aromatic rings. The summed E-state index contributed by atoms with van der Waals surface area (Å²) in [5, 5.41) is 19.6. The number of pyridine rings is 2. The molecule has 2 aliphatic rings. The van der Waals surface area contributed by atoms with Crippen molar-refractivity contribution in [2.45, 2.75) is 128 Å². The Labute approximate surface area is 537 Å². The number of carbonyl (C=O) groups excluding carboxylic acids is 6. The van der Waals surface area contributed by atoms with E-state index in [4.69, 9.17) is 34.4 Å². The number of sulfonamides is 1. The predicted octanol–water partition coefficient (Wildman–Crippen LogP) is 3.34. The maximum Gasteiger partial charge on any atom is 0.510 e. The number of carbonyl (C=O) groups is 6. The summed E-state index contributed by atoms with van der Waals surface area (Å²) < 4.78 is 80.9. The summed E-state index contributed by atoms with van der Waals surface area (Å²) in [5.41, 5.74) is 8.51. The number of nitrogens with one attached hydrogen (secondary N) is 4. The van der Waals surface area contributed by atoms with Gasteiger partial charge < -0.3 is 55.3 Å². The number of allylic oxidation sites excluding steroid dienone is 1. The minimum Gasteiger partial charge on any atom is -0.457 e. The number of ether oxygens (including phenoxy) is 5. The molecule has 0 radical (unpaired) electrons. The highest BCUT2D eigenvalue weighted by molar-refractivity contribution is 7.90. The number of unbranched alkanes of at least 4 members (excludes halogenated alkanes) is 2. The van der Waals surface area contributed by atoms with Crippen molar-refractivity contribution >= 4 is 78.3 Å². The molecule has 31 heteroatoms. The van der Waals surface area contributed by atoms with Gasteiger partial charge in [0.25, 0.3) is 5.56 Å². The zero-order valence-corrected chi connectivity index (χ0v) is 54.0. The number of para-hydroxylation sites is 1. The molecule has 6 N–H and O–H groups in total. The Bertz CT molecular complexity index is 4010. The number of hydrogen-bond acceptors (Lipinski definition) is 22. The Morgan fingerprint density at radius 2 is 1.66 bits per heavy atom. The third-order valence-corrected chi connectivity index (χ3v) is 17.6. The van der Waals surface area contributed by atoms with Gasteiger partial charge in [-0.05, 0) is 101 Å². The highest BCUT2D eigenvalue weighted by Crippen LogP contribution is 2.42. The van der Waals surface area contributed by atoms with Gasteiger partial charge in [0.05, 0.1) is 67.8 Å². The number of aromatic nitrogens is 7. The molecule has 6 heterocycles. The summed E-state index contributed by atoms with van der Waals surface area (Å²) >= 11 is 0. The van der Waals surface area contributed by atoms with Crippen LogP contribution in [0, 0.1) is 0 Å². The van der Waals surface area contributed by atoms with Crippen LogP contribution in [0.4, 0.5) is 10.5 Å².